The van der Waals surface area contributed by atoms with E-state index >= 15 is 0 Å². The van der Waals surface area contributed by atoms with Crippen molar-refractivity contribution in [3.63, 3.8) is 0 Å². The summed E-state index contributed by atoms with van der Waals surface area (Å²) in [6.45, 7) is 5.84. The van der Waals surface area contributed by atoms with E-state index in [0.717, 1.165) is 37.1 Å². The summed E-state index contributed by atoms with van der Waals surface area (Å²) in [5.74, 6) is 0.611. The zero-order valence-electron chi connectivity index (χ0n) is 12.9. The Morgan fingerprint density at radius 3 is 2.90 bits per heavy atom. The third-order valence-corrected chi connectivity index (χ3v) is 6.62. The van der Waals surface area contributed by atoms with Crippen molar-refractivity contribution >= 4 is 21.4 Å². The predicted octanol–water partition coefficient (Wildman–Crippen LogP) is 3.10. The van der Waals surface area contributed by atoms with E-state index in [1.807, 2.05) is 5.38 Å². The van der Waals surface area contributed by atoms with Gasteiger partial charge in [0, 0.05) is 17.5 Å². The van der Waals surface area contributed by atoms with Crippen LogP contribution >= 0.6 is 11.3 Å². The summed E-state index contributed by atoms with van der Waals surface area (Å²) >= 11 is 1.51. The fourth-order valence-electron chi connectivity index (χ4n) is 2.90. The Kier molecular flexibility index (Phi) is 6.22. The highest BCUT2D eigenvalue weighted by atomic mass is 32.2. The monoisotopic (exact) mass is 330 g/mol. The van der Waals surface area contributed by atoms with Crippen molar-refractivity contribution < 1.29 is 8.42 Å². The van der Waals surface area contributed by atoms with Gasteiger partial charge in [0.25, 0.3) is 0 Å². The summed E-state index contributed by atoms with van der Waals surface area (Å²) in [4.78, 5) is 1.36. The summed E-state index contributed by atoms with van der Waals surface area (Å²) in [5, 5.41) is 5.14. The van der Waals surface area contributed by atoms with Crippen LogP contribution in [0.1, 0.15) is 50.8 Å². The Hall–Kier alpha value is -0.430. The minimum Gasteiger partial charge on any atom is -0.312 e. The second kappa shape index (κ2) is 7.72. The number of hydrogen-bond acceptors (Lipinski definition) is 4. The van der Waals surface area contributed by atoms with Crippen LogP contribution in [0.3, 0.4) is 0 Å². The first-order chi connectivity index (χ1) is 10.0. The van der Waals surface area contributed by atoms with Gasteiger partial charge in [-0.3, -0.25) is 0 Å². The lowest BCUT2D eigenvalue weighted by atomic mass is 9.88. The van der Waals surface area contributed by atoms with E-state index in [4.69, 9.17) is 0 Å². The van der Waals surface area contributed by atoms with Gasteiger partial charge in [-0.15, -0.1) is 11.3 Å². The van der Waals surface area contributed by atoms with Gasteiger partial charge in [-0.05, 0) is 43.2 Å². The molecule has 2 rings (SSSR count). The molecule has 0 radical (unpaired) electrons. The Labute approximate surface area is 132 Å². The molecule has 1 aliphatic rings. The van der Waals surface area contributed by atoms with Gasteiger partial charge in [0.15, 0.2) is 0 Å². The fourth-order valence-corrected chi connectivity index (χ4v) is 5.60. The average molecular weight is 331 g/mol. The molecule has 1 saturated carbocycles. The fraction of sp³-hybridized carbons (Fsp3) is 0.733. The highest BCUT2D eigenvalue weighted by Gasteiger charge is 2.26. The van der Waals surface area contributed by atoms with Gasteiger partial charge in [-0.1, -0.05) is 26.7 Å². The van der Waals surface area contributed by atoms with Gasteiger partial charge in [-0.2, -0.15) is 0 Å². The Morgan fingerprint density at radius 1 is 1.38 bits per heavy atom. The number of thiophene rings is 1. The summed E-state index contributed by atoms with van der Waals surface area (Å²) in [6.07, 6.45) is 5.28. The zero-order valence-corrected chi connectivity index (χ0v) is 14.5. The van der Waals surface area contributed by atoms with E-state index in [9.17, 15) is 8.42 Å². The molecule has 21 heavy (non-hydrogen) atoms. The van der Waals surface area contributed by atoms with E-state index in [0.29, 0.717) is 17.4 Å². The van der Waals surface area contributed by atoms with Crippen molar-refractivity contribution in [2.45, 2.75) is 63.4 Å². The molecular formula is C15H26N2O2S2. The van der Waals surface area contributed by atoms with Gasteiger partial charge in [-0.25, -0.2) is 13.1 Å². The third-order valence-electron chi connectivity index (χ3n) is 3.96. The Balaban J connectivity index is 2.03. The van der Waals surface area contributed by atoms with Crippen LogP contribution in [0, 0.1) is 5.92 Å². The van der Waals surface area contributed by atoms with Crippen molar-refractivity contribution in [1.29, 1.82) is 0 Å². The van der Waals surface area contributed by atoms with Crippen LogP contribution in [-0.4, -0.2) is 21.0 Å². The van der Waals surface area contributed by atoms with E-state index < -0.39 is 10.0 Å². The first-order valence-corrected chi connectivity index (χ1v) is 10.2. The molecule has 0 amide bonds. The summed E-state index contributed by atoms with van der Waals surface area (Å²) in [5.41, 5.74) is 0. The normalized spacial score (nSPS) is 23.3. The molecule has 0 aliphatic heterocycles. The molecule has 1 aliphatic carbocycles. The maximum atomic E-state index is 12.6. The lowest BCUT2D eigenvalue weighted by Gasteiger charge is -2.27. The molecule has 6 heteroatoms. The van der Waals surface area contributed by atoms with Gasteiger partial charge >= 0.3 is 0 Å². The van der Waals surface area contributed by atoms with Gasteiger partial charge in [0.2, 0.25) is 10.0 Å². The molecule has 120 valence electrons. The molecule has 0 saturated heterocycles. The van der Waals surface area contributed by atoms with Crippen LogP contribution in [0.4, 0.5) is 0 Å². The van der Waals surface area contributed by atoms with E-state index in [1.54, 1.807) is 6.07 Å². The zero-order chi connectivity index (χ0) is 15.3. The van der Waals surface area contributed by atoms with Crippen LogP contribution in [0.5, 0.6) is 0 Å². The quantitative estimate of drug-likeness (QED) is 0.755. The van der Waals surface area contributed by atoms with E-state index in [-0.39, 0.29) is 6.04 Å². The largest absolute Gasteiger partial charge is 0.312 e. The number of hydrogen-bond donors (Lipinski definition) is 2. The molecule has 0 spiro atoms. The molecule has 1 heterocycles. The highest BCUT2D eigenvalue weighted by molar-refractivity contribution is 7.89. The SMILES string of the molecule is CCCNCc1sccc1S(=O)(=O)NC1CCCC(C)C1. The maximum Gasteiger partial charge on any atom is 0.241 e. The van der Waals surface area contributed by atoms with Crippen LogP contribution in [-0.2, 0) is 16.6 Å². The van der Waals surface area contributed by atoms with Gasteiger partial charge in [0.1, 0.15) is 0 Å². The molecule has 0 bridgehead atoms. The minimum atomic E-state index is -3.39. The van der Waals surface area contributed by atoms with Crippen LogP contribution < -0.4 is 10.0 Å². The third kappa shape index (κ3) is 4.77. The summed E-state index contributed by atoms with van der Waals surface area (Å²) in [7, 11) is -3.39. The van der Waals surface area contributed by atoms with Crippen molar-refractivity contribution in [2.75, 3.05) is 6.54 Å². The first-order valence-electron chi connectivity index (χ1n) is 7.82. The maximum absolute atomic E-state index is 12.6. The molecule has 1 fully saturated rings. The lowest BCUT2D eigenvalue weighted by molar-refractivity contribution is 0.327. The predicted molar refractivity (Wildman–Crippen MR) is 88.1 cm³/mol. The van der Waals surface area contributed by atoms with Crippen LogP contribution in [0.2, 0.25) is 0 Å². The van der Waals surface area contributed by atoms with Crippen molar-refractivity contribution in [3.8, 4) is 0 Å². The van der Waals surface area contributed by atoms with Gasteiger partial charge in [0.05, 0.1) is 4.90 Å². The molecule has 1 aromatic heterocycles. The Bertz CT molecular complexity index is 540. The number of nitrogens with one attached hydrogen (secondary N) is 2. The molecular weight excluding hydrogens is 304 g/mol. The Morgan fingerprint density at radius 2 is 2.19 bits per heavy atom. The molecule has 2 N–H and O–H groups in total. The second-order valence-electron chi connectivity index (χ2n) is 5.97. The second-order valence-corrected chi connectivity index (χ2v) is 8.66. The van der Waals surface area contributed by atoms with Crippen molar-refractivity contribution in [3.05, 3.63) is 16.3 Å². The average Bonchev–Trinajstić information content (AvgIpc) is 2.88. The van der Waals surface area contributed by atoms with Gasteiger partial charge < -0.3 is 5.32 Å². The van der Waals surface area contributed by atoms with Crippen LogP contribution in [0.15, 0.2) is 16.3 Å². The highest BCUT2D eigenvalue weighted by Crippen LogP contribution is 2.27. The number of sulfonamides is 1. The standard InChI is InChI=1S/C15H26N2O2S2/c1-3-8-16-11-14-15(7-9-20-14)21(18,19)17-13-6-4-5-12(2)10-13/h7,9,12-13,16-17H,3-6,8,10-11H2,1-2H3. The lowest BCUT2D eigenvalue weighted by Crippen LogP contribution is -2.38. The van der Waals surface area contributed by atoms with E-state index in [1.165, 1.54) is 17.8 Å². The molecule has 4 nitrogen and oxygen atoms in total. The first kappa shape index (κ1) is 16.9. The molecule has 2 unspecified atom stereocenters. The van der Waals surface area contributed by atoms with Crippen LogP contribution in [0.25, 0.3) is 0 Å². The molecule has 0 aromatic carbocycles. The number of rotatable bonds is 7. The minimum absolute atomic E-state index is 0.0927. The molecule has 2 atom stereocenters. The van der Waals surface area contributed by atoms with E-state index in [2.05, 4.69) is 23.9 Å². The van der Waals surface area contributed by atoms with Crippen molar-refractivity contribution in [2.24, 2.45) is 5.92 Å². The van der Waals surface area contributed by atoms with Crippen molar-refractivity contribution in [1.82, 2.24) is 10.0 Å². The molecule has 1 aromatic rings. The summed E-state index contributed by atoms with van der Waals surface area (Å²) < 4.78 is 28.1. The topological polar surface area (TPSA) is 58.2 Å². The smallest absolute Gasteiger partial charge is 0.241 e. The summed E-state index contributed by atoms with van der Waals surface area (Å²) in [6, 6.07) is 1.82.